The van der Waals surface area contributed by atoms with Crippen LogP contribution in [0.4, 0.5) is 16.2 Å². The fourth-order valence-corrected chi connectivity index (χ4v) is 3.34. The zero-order valence-corrected chi connectivity index (χ0v) is 17.2. The molecule has 0 spiro atoms. The number of imidazole rings is 1. The zero-order chi connectivity index (χ0) is 22.3. The van der Waals surface area contributed by atoms with Gasteiger partial charge in [0.1, 0.15) is 5.69 Å². The van der Waals surface area contributed by atoms with Gasteiger partial charge in [0, 0.05) is 23.9 Å². The van der Waals surface area contributed by atoms with E-state index in [2.05, 4.69) is 27.5 Å². The van der Waals surface area contributed by atoms with Gasteiger partial charge in [0.15, 0.2) is 5.65 Å². The Morgan fingerprint density at radius 2 is 1.97 bits per heavy atom. The summed E-state index contributed by atoms with van der Waals surface area (Å²) in [4.78, 5) is 16.9. The molecule has 0 fully saturated rings. The highest BCUT2D eigenvalue weighted by atomic mass is 16.2. The van der Waals surface area contributed by atoms with Crippen molar-refractivity contribution in [1.82, 2.24) is 14.7 Å². The van der Waals surface area contributed by atoms with E-state index in [0.717, 1.165) is 16.8 Å². The number of fused-ring (bicyclic) bond motifs is 1. The molecule has 2 aromatic carbocycles. The summed E-state index contributed by atoms with van der Waals surface area (Å²) in [6.07, 6.45) is 5.25. The molecule has 0 radical (unpaired) electrons. The fourth-order valence-electron chi connectivity index (χ4n) is 3.34. The second-order valence-electron chi connectivity index (χ2n) is 7.13. The molecule has 2 heterocycles. The van der Waals surface area contributed by atoms with Crippen molar-refractivity contribution < 1.29 is 4.79 Å². The molecule has 1 atom stereocenters. The Morgan fingerprint density at radius 1 is 1.12 bits per heavy atom. The highest BCUT2D eigenvalue weighted by Crippen LogP contribution is 2.17. The Kier molecular flexibility index (Phi) is 6.14. The molecule has 4 aromatic rings. The van der Waals surface area contributed by atoms with Crippen LogP contribution < -0.4 is 16.4 Å². The second-order valence-corrected chi connectivity index (χ2v) is 7.13. The summed E-state index contributed by atoms with van der Waals surface area (Å²) in [6.45, 7) is 0. The largest absolute Gasteiger partial charge is 0.396 e. The van der Waals surface area contributed by atoms with Gasteiger partial charge < -0.3 is 21.8 Å². The van der Waals surface area contributed by atoms with Crippen molar-refractivity contribution >= 4 is 29.3 Å². The smallest absolute Gasteiger partial charge is 0.319 e. The number of rotatable bonds is 5. The van der Waals surface area contributed by atoms with Gasteiger partial charge in [-0.3, -0.25) is 4.40 Å². The first-order valence-corrected chi connectivity index (χ1v) is 10.1. The van der Waals surface area contributed by atoms with Crippen molar-refractivity contribution in [2.24, 2.45) is 0 Å². The molecular formula is C25H22N6O. The maximum Gasteiger partial charge on any atom is 0.319 e. The first kappa shape index (κ1) is 20.7. The topological polar surface area (TPSA) is 108 Å². The molecule has 0 saturated heterocycles. The fraction of sp³-hybridized carbons (Fsp3) is 0.0800. The second kappa shape index (κ2) is 9.49. The standard InChI is InChI=1S/C25H22N6O/c26-14-13-23(19-7-2-1-3-8-19)30-25(32)29-20-9-4-6-18(16-20)11-12-21-17-28-24-22(27)10-5-15-31(21)24/h1-10,14-17,23,26H,13,27H2,(H2,29,30,32). The minimum Gasteiger partial charge on any atom is -0.396 e. The summed E-state index contributed by atoms with van der Waals surface area (Å²) < 4.78 is 1.84. The molecule has 1 unspecified atom stereocenters. The number of hydrogen-bond donors (Lipinski definition) is 4. The molecule has 4 rings (SSSR count). The Labute approximate surface area is 185 Å². The van der Waals surface area contributed by atoms with Crippen LogP contribution in [0.2, 0.25) is 0 Å². The molecule has 7 heteroatoms. The molecule has 5 N–H and O–H groups in total. The molecule has 7 nitrogen and oxygen atoms in total. The average molecular weight is 422 g/mol. The molecule has 32 heavy (non-hydrogen) atoms. The van der Waals surface area contributed by atoms with Crippen LogP contribution in [0.25, 0.3) is 5.65 Å². The average Bonchev–Trinajstić information content (AvgIpc) is 3.23. The Morgan fingerprint density at radius 3 is 2.78 bits per heavy atom. The molecule has 158 valence electrons. The van der Waals surface area contributed by atoms with E-state index in [1.165, 1.54) is 6.21 Å². The summed E-state index contributed by atoms with van der Waals surface area (Å²) in [5, 5.41) is 13.2. The van der Waals surface area contributed by atoms with Gasteiger partial charge in [0.25, 0.3) is 0 Å². The van der Waals surface area contributed by atoms with Gasteiger partial charge in [-0.2, -0.15) is 0 Å². The maximum atomic E-state index is 12.5. The Balaban J connectivity index is 1.47. The van der Waals surface area contributed by atoms with Gasteiger partial charge >= 0.3 is 6.03 Å². The zero-order valence-electron chi connectivity index (χ0n) is 17.2. The number of amides is 2. The monoisotopic (exact) mass is 422 g/mol. The van der Waals surface area contributed by atoms with Crippen LogP contribution in [-0.2, 0) is 0 Å². The molecule has 0 bridgehead atoms. The van der Waals surface area contributed by atoms with E-state index >= 15 is 0 Å². The predicted octanol–water partition coefficient (Wildman–Crippen LogP) is 4.22. The minimum atomic E-state index is -0.344. The number of carbonyl (C=O) groups excluding carboxylic acids is 1. The van der Waals surface area contributed by atoms with E-state index in [-0.39, 0.29) is 12.1 Å². The lowest BCUT2D eigenvalue weighted by Crippen LogP contribution is -2.32. The quantitative estimate of drug-likeness (QED) is 0.286. The van der Waals surface area contributed by atoms with E-state index in [4.69, 9.17) is 11.1 Å². The third-order valence-corrected chi connectivity index (χ3v) is 4.88. The lowest BCUT2D eigenvalue weighted by molar-refractivity contribution is 0.249. The van der Waals surface area contributed by atoms with Crippen LogP contribution in [0.5, 0.6) is 0 Å². The minimum absolute atomic E-state index is 0.278. The molecule has 2 aromatic heterocycles. The molecule has 0 saturated carbocycles. The number of nitrogens with one attached hydrogen (secondary N) is 3. The van der Waals surface area contributed by atoms with Crippen LogP contribution >= 0.6 is 0 Å². The number of benzene rings is 2. The SMILES string of the molecule is N=CCC(NC(=O)Nc1cccc(C#Cc2cnc3c(N)cccn23)c1)c1ccccc1. The molecule has 2 amide bonds. The van der Waals surface area contributed by atoms with Crippen molar-refractivity contribution in [3.05, 3.63) is 95.9 Å². The number of aromatic nitrogens is 2. The molecule has 0 aliphatic carbocycles. The number of anilines is 2. The van der Waals surface area contributed by atoms with Gasteiger partial charge in [-0.1, -0.05) is 42.3 Å². The molecular weight excluding hydrogens is 400 g/mol. The first-order chi connectivity index (χ1) is 15.6. The van der Waals surface area contributed by atoms with Crippen LogP contribution in [0.3, 0.4) is 0 Å². The summed E-state index contributed by atoms with van der Waals surface area (Å²) in [7, 11) is 0. The van der Waals surface area contributed by atoms with E-state index in [1.54, 1.807) is 24.4 Å². The van der Waals surface area contributed by atoms with Crippen molar-refractivity contribution in [3.63, 3.8) is 0 Å². The van der Waals surface area contributed by atoms with Gasteiger partial charge in [-0.15, -0.1) is 0 Å². The van der Waals surface area contributed by atoms with Crippen molar-refractivity contribution in [2.45, 2.75) is 12.5 Å². The van der Waals surface area contributed by atoms with Crippen LogP contribution in [0, 0.1) is 17.3 Å². The number of carbonyl (C=O) groups is 1. The molecule has 0 aliphatic rings. The van der Waals surface area contributed by atoms with E-state index in [0.29, 0.717) is 23.4 Å². The third kappa shape index (κ3) is 4.77. The summed E-state index contributed by atoms with van der Waals surface area (Å²) in [6, 6.07) is 19.9. The Bertz CT molecular complexity index is 1320. The number of nitrogens with two attached hydrogens (primary N) is 1. The van der Waals surface area contributed by atoms with Crippen molar-refractivity contribution in [1.29, 1.82) is 5.41 Å². The maximum absolute atomic E-state index is 12.5. The van der Waals surface area contributed by atoms with Crippen LogP contribution in [0.15, 0.2) is 79.1 Å². The van der Waals surface area contributed by atoms with Crippen molar-refractivity contribution in [2.75, 3.05) is 11.1 Å². The van der Waals surface area contributed by atoms with Gasteiger partial charge in [-0.05, 0) is 48.0 Å². The van der Waals surface area contributed by atoms with Crippen LogP contribution in [0.1, 0.15) is 29.3 Å². The van der Waals surface area contributed by atoms with Crippen LogP contribution in [-0.4, -0.2) is 21.6 Å². The molecule has 0 aliphatic heterocycles. The van der Waals surface area contributed by atoms with E-state index < -0.39 is 0 Å². The summed E-state index contributed by atoms with van der Waals surface area (Å²) in [5.74, 6) is 6.21. The number of nitrogen functional groups attached to an aromatic ring is 1. The Hall–Kier alpha value is -4.57. The predicted molar refractivity (Wildman–Crippen MR) is 127 cm³/mol. The van der Waals surface area contributed by atoms with Gasteiger partial charge in [0.2, 0.25) is 0 Å². The van der Waals surface area contributed by atoms with Gasteiger partial charge in [0.05, 0.1) is 17.9 Å². The summed E-state index contributed by atoms with van der Waals surface area (Å²) in [5.41, 5.74) is 10.2. The number of urea groups is 1. The number of pyridine rings is 1. The first-order valence-electron chi connectivity index (χ1n) is 10.1. The van der Waals surface area contributed by atoms with Crippen molar-refractivity contribution in [3.8, 4) is 11.8 Å². The lowest BCUT2D eigenvalue weighted by Gasteiger charge is -2.18. The van der Waals surface area contributed by atoms with E-state index in [9.17, 15) is 4.79 Å². The third-order valence-electron chi connectivity index (χ3n) is 4.88. The summed E-state index contributed by atoms with van der Waals surface area (Å²) >= 11 is 0. The number of nitrogens with zero attached hydrogens (tertiary/aromatic N) is 2. The highest BCUT2D eigenvalue weighted by molar-refractivity contribution is 5.90. The highest BCUT2D eigenvalue weighted by Gasteiger charge is 2.13. The normalized spacial score (nSPS) is 11.2. The van der Waals surface area contributed by atoms with Gasteiger partial charge in [-0.25, -0.2) is 9.78 Å². The number of hydrogen-bond acceptors (Lipinski definition) is 4. The van der Waals surface area contributed by atoms with E-state index in [1.807, 2.05) is 59.1 Å². The lowest BCUT2D eigenvalue weighted by atomic mass is 10.0.